The van der Waals surface area contributed by atoms with Gasteiger partial charge in [0.05, 0.1) is 17.5 Å². The van der Waals surface area contributed by atoms with Crippen LogP contribution in [0.1, 0.15) is 17.4 Å². The molecule has 0 fully saturated rings. The number of hydrogen-bond donors (Lipinski definition) is 3. The first-order valence-corrected chi connectivity index (χ1v) is 14.0. The number of sulfonamides is 1. The molecule has 198 valence electrons. The van der Waals surface area contributed by atoms with Gasteiger partial charge in [-0.15, -0.1) is 11.3 Å². The van der Waals surface area contributed by atoms with Crippen molar-refractivity contribution in [3.63, 3.8) is 0 Å². The molecule has 0 saturated carbocycles. The minimum Gasteiger partial charge on any atom is -0.453 e. The largest absolute Gasteiger partial charge is 0.453 e. The number of nitrogens with one attached hydrogen (secondary N) is 3. The second-order valence-electron chi connectivity index (χ2n) is 7.83. The predicted molar refractivity (Wildman–Crippen MR) is 146 cm³/mol. The summed E-state index contributed by atoms with van der Waals surface area (Å²) >= 11 is 12.7. The molecule has 4 aromatic rings. The molecule has 0 saturated heterocycles. The van der Waals surface area contributed by atoms with Crippen LogP contribution in [0.4, 0.5) is 15.3 Å². The van der Waals surface area contributed by atoms with E-state index >= 15 is 0 Å². The maximum atomic E-state index is 12.9. The molecule has 2 aromatic heterocycles. The lowest BCUT2D eigenvalue weighted by Crippen LogP contribution is -2.42. The Bertz CT molecular complexity index is 1540. The highest BCUT2D eigenvalue weighted by molar-refractivity contribution is 7.90. The number of thiophene rings is 1. The van der Waals surface area contributed by atoms with Gasteiger partial charge in [-0.05, 0) is 42.3 Å². The standard InChI is InChI=1S/C24H21Cl2N5O5S2/c1-36-24(33)28-16-7-9-17(10-8-16)31-12-11-27-22(31)18(13-15-5-3-2-4-6-15)29-23(32)30-38(34,35)19-14-20(25)37-21(19)26/h2-12,14,18H,13H2,1H3,(H,28,33)(H2,29,30,32)/t18-/m0/s1. The average Bonchev–Trinajstić information content (AvgIpc) is 3.51. The minimum atomic E-state index is -4.28. The van der Waals surface area contributed by atoms with Crippen LogP contribution in [-0.4, -0.2) is 37.2 Å². The molecule has 0 unspecified atom stereocenters. The van der Waals surface area contributed by atoms with Crippen LogP contribution in [0, 0.1) is 0 Å². The lowest BCUT2D eigenvalue weighted by Gasteiger charge is -2.20. The van der Waals surface area contributed by atoms with Crippen molar-refractivity contribution in [2.75, 3.05) is 12.4 Å². The molecule has 0 spiro atoms. The first-order valence-electron chi connectivity index (χ1n) is 11.0. The summed E-state index contributed by atoms with van der Waals surface area (Å²) in [7, 11) is -3.01. The van der Waals surface area contributed by atoms with E-state index < -0.39 is 28.2 Å². The Labute approximate surface area is 232 Å². The molecular formula is C24H21Cl2N5O5S2. The molecular weight excluding hydrogens is 573 g/mol. The van der Waals surface area contributed by atoms with Crippen molar-refractivity contribution >= 4 is 62.4 Å². The highest BCUT2D eigenvalue weighted by Gasteiger charge is 2.26. The molecule has 0 radical (unpaired) electrons. The van der Waals surface area contributed by atoms with Crippen molar-refractivity contribution in [3.8, 4) is 5.69 Å². The number of urea groups is 1. The van der Waals surface area contributed by atoms with E-state index in [0.29, 0.717) is 23.6 Å². The Morgan fingerprint density at radius 2 is 1.82 bits per heavy atom. The Morgan fingerprint density at radius 1 is 1.11 bits per heavy atom. The molecule has 0 aliphatic rings. The average molecular weight is 595 g/mol. The summed E-state index contributed by atoms with van der Waals surface area (Å²) in [6, 6.07) is 15.7. The van der Waals surface area contributed by atoms with E-state index in [-0.39, 0.29) is 13.6 Å². The summed E-state index contributed by atoms with van der Waals surface area (Å²) in [6.07, 6.45) is 3.00. The molecule has 0 bridgehead atoms. The fourth-order valence-electron chi connectivity index (χ4n) is 3.60. The van der Waals surface area contributed by atoms with Crippen molar-refractivity contribution in [2.24, 2.45) is 0 Å². The van der Waals surface area contributed by atoms with E-state index in [1.165, 1.54) is 13.2 Å². The van der Waals surface area contributed by atoms with E-state index in [2.05, 4.69) is 20.4 Å². The number of methoxy groups -OCH3 is 1. The summed E-state index contributed by atoms with van der Waals surface area (Å²) in [4.78, 5) is 28.5. The van der Waals surface area contributed by atoms with Crippen LogP contribution in [0.2, 0.25) is 8.67 Å². The zero-order valence-electron chi connectivity index (χ0n) is 19.7. The molecule has 38 heavy (non-hydrogen) atoms. The second-order valence-corrected chi connectivity index (χ2v) is 11.8. The van der Waals surface area contributed by atoms with Crippen molar-refractivity contribution in [1.82, 2.24) is 19.6 Å². The minimum absolute atomic E-state index is 0.0585. The molecule has 3 amide bonds. The smallest absolute Gasteiger partial charge is 0.411 e. The molecule has 14 heteroatoms. The zero-order chi connectivity index (χ0) is 27.3. The topological polar surface area (TPSA) is 131 Å². The molecule has 2 aromatic carbocycles. The van der Waals surface area contributed by atoms with Crippen molar-refractivity contribution in [3.05, 3.63) is 93.1 Å². The first kappa shape index (κ1) is 27.5. The third-order valence-corrected chi connectivity index (χ3v) is 8.37. The van der Waals surface area contributed by atoms with E-state index in [1.807, 2.05) is 35.1 Å². The van der Waals surface area contributed by atoms with Gasteiger partial charge in [0.15, 0.2) is 0 Å². The van der Waals surface area contributed by atoms with E-state index in [9.17, 15) is 18.0 Å². The van der Waals surface area contributed by atoms with Crippen molar-refractivity contribution in [1.29, 1.82) is 0 Å². The molecule has 10 nitrogen and oxygen atoms in total. The van der Waals surface area contributed by atoms with Crippen LogP contribution in [-0.2, 0) is 21.2 Å². The number of hydrogen-bond acceptors (Lipinski definition) is 7. The number of ether oxygens (including phenoxy) is 1. The van der Waals surface area contributed by atoms with Gasteiger partial charge in [-0.3, -0.25) is 5.32 Å². The highest BCUT2D eigenvalue weighted by atomic mass is 35.5. The third-order valence-electron chi connectivity index (χ3n) is 5.29. The SMILES string of the molecule is COC(=O)Nc1ccc(-n2ccnc2[C@H](Cc2ccccc2)NC(=O)NS(=O)(=O)c2cc(Cl)sc2Cl)cc1. The number of benzene rings is 2. The lowest BCUT2D eigenvalue weighted by atomic mass is 10.1. The molecule has 0 aliphatic carbocycles. The van der Waals surface area contributed by atoms with Crippen LogP contribution in [0.5, 0.6) is 0 Å². The number of carbonyl (C=O) groups excluding carboxylic acids is 2. The van der Waals surface area contributed by atoms with E-state index in [4.69, 9.17) is 23.2 Å². The van der Waals surface area contributed by atoms with Crippen LogP contribution >= 0.6 is 34.5 Å². The lowest BCUT2D eigenvalue weighted by molar-refractivity contribution is 0.187. The maximum Gasteiger partial charge on any atom is 0.411 e. The highest BCUT2D eigenvalue weighted by Crippen LogP contribution is 2.34. The number of imidazole rings is 1. The number of aromatic nitrogens is 2. The fourth-order valence-corrected chi connectivity index (χ4v) is 6.66. The molecule has 0 aliphatic heterocycles. The summed E-state index contributed by atoms with van der Waals surface area (Å²) in [5, 5.41) is 5.29. The third kappa shape index (κ3) is 6.64. The monoisotopic (exact) mass is 593 g/mol. The number of nitrogens with zero attached hydrogens (tertiary/aromatic N) is 2. The van der Waals surface area contributed by atoms with Gasteiger partial charge in [0.1, 0.15) is 15.1 Å². The number of anilines is 1. The normalized spacial score (nSPS) is 12.0. The predicted octanol–water partition coefficient (Wildman–Crippen LogP) is 5.39. The fraction of sp³-hybridized carbons (Fsp3) is 0.125. The van der Waals surface area contributed by atoms with E-state index in [0.717, 1.165) is 16.9 Å². The van der Waals surface area contributed by atoms with Gasteiger partial charge in [0, 0.05) is 23.8 Å². The van der Waals surface area contributed by atoms with Gasteiger partial charge >= 0.3 is 12.1 Å². The summed E-state index contributed by atoms with van der Waals surface area (Å²) in [5.74, 6) is 0.451. The van der Waals surface area contributed by atoms with Crippen LogP contribution in [0.3, 0.4) is 0 Å². The number of amides is 3. The van der Waals surface area contributed by atoms with Gasteiger partial charge in [-0.25, -0.2) is 27.7 Å². The molecule has 3 N–H and O–H groups in total. The van der Waals surface area contributed by atoms with Crippen LogP contribution in [0.25, 0.3) is 5.69 Å². The summed E-state index contributed by atoms with van der Waals surface area (Å²) < 4.78 is 34.0. The number of carbonyl (C=O) groups is 2. The Kier molecular flexibility index (Phi) is 8.57. The van der Waals surface area contributed by atoms with Gasteiger partial charge in [0.25, 0.3) is 10.0 Å². The molecule has 4 rings (SSSR count). The summed E-state index contributed by atoms with van der Waals surface area (Å²) in [5.41, 5.74) is 2.11. The van der Waals surface area contributed by atoms with Crippen LogP contribution in [0.15, 0.2) is 78.0 Å². The maximum absolute atomic E-state index is 12.9. The first-order chi connectivity index (χ1) is 18.2. The van der Waals surface area contributed by atoms with E-state index in [1.54, 1.807) is 41.2 Å². The van der Waals surface area contributed by atoms with Gasteiger partial charge in [0.2, 0.25) is 0 Å². The van der Waals surface area contributed by atoms with Gasteiger partial charge in [-0.1, -0.05) is 53.5 Å². The number of halogens is 2. The second kappa shape index (κ2) is 11.9. The van der Waals surface area contributed by atoms with Crippen molar-refractivity contribution in [2.45, 2.75) is 17.4 Å². The van der Waals surface area contributed by atoms with Gasteiger partial charge < -0.3 is 14.6 Å². The van der Waals surface area contributed by atoms with Crippen molar-refractivity contribution < 1.29 is 22.7 Å². The Hall–Kier alpha value is -3.58. The van der Waals surface area contributed by atoms with Gasteiger partial charge in [-0.2, -0.15) is 0 Å². The Balaban J connectivity index is 1.60. The molecule has 2 heterocycles. The van der Waals surface area contributed by atoms with Crippen LogP contribution < -0.4 is 15.4 Å². The molecule has 1 atom stereocenters. The zero-order valence-corrected chi connectivity index (χ0v) is 22.9. The Morgan fingerprint density at radius 3 is 2.45 bits per heavy atom. The number of rotatable bonds is 8. The quantitative estimate of drug-likeness (QED) is 0.251. The summed E-state index contributed by atoms with van der Waals surface area (Å²) in [6.45, 7) is 0.